The SMILES string of the molecule is CC1=CCC(C(C)/C=N/O)CC1. The predicted molar refractivity (Wildman–Crippen MR) is 50.5 cm³/mol. The van der Waals surface area contributed by atoms with Crippen LogP contribution in [0, 0.1) is 11.8 Å². The molecule has 0 saturated heterocycles. The van der Waals surface area contributed by atoms with Crippen LogP contribution in [0.1, 0.15) is 33.1 Å². The van der Waals surface area contributed by atoms with Crippen molar-refractivity contribution in [1.29, 1.82) is 0 Å². The summed E-state index contributed by atoms with van der Waals surface area (Å²) < 4.78 is 0. The second-order valence-electron chi connectivity index (χ2n) is 3.71. The molecule has 0 aliphatic heterocycles. The van der Waals surface area contributed by atoms with Gasteiger partial charge in [0.15, 0.2) is 0 Å². The van der Waals surface area contributed by atoms with Gasteiger partial charge in [-0.3, -0.25) is 0 Å². The number of oxime groups is 1. The quantitative estimate of drug-likeness (QED) is 0.292. The van der Waals surface area contributed by atoms with Crippen molar-refractivity contribution in [2.24, 2.45) is 17.0 Å². The molecule has 0 fully saturated rings. The number of nitrogens with zero attached hydrogens (tertiary/aromatic N) is 1. The van der Waals surface area contributed by atoms with Crippen LogP contribution < -0.4 is 0 Å². The van der Waals surface area contributed by atoms with Crippen LogP contribution in [-0.4, -0.2) is 11.4 Å². The minimum absolute atomic E-state index is 0.402. The highest BCUT2D eigenvalue weighted by molar-refractivity contribution is 5.59. The van der Waals surface area contributed by atoms with Gasteiger partial charge in [-0.05, 0) is 38.0 Å². The first-order valence-electron chi connectivity index (χ1n) is 4.57. The van der Waals surface area contributed by atoms with Crippen LogP contribution >= 0.6 is 0 Å². The first-order valence-corrected chi connectivity index (χ1v) is 4.57. The van der Waals surface area contributed by atoms with E-state index in [9.17, 15) is 0 Å². The molecule has 12 heavy (non-hydrogen) atoms. The van der Waals surface area contributed by atoms with E-state index in [1.54, 1.807) is 6.21 Å². The van der Waals surface area contributed by atoms with Gasteiger partial charge in [-0.2, -0.15) is 0 Å². The lowest BCUT2D eigenvalue weighted by molar-refractivity contribution is 0.312. The Morgan fingerprint density at radius 2 is 2.50 bits per heavy atom. The van der Waals surface area contributed by atoms with E-state index in [1.807, 2.05) is 0 Å². The summed E-state index contributed by atoms with van der Waals surface area (Å²) in [6.45, 7) is 4.29. The molecule has 0 aromatic carbocycles. The standard InChI is InChI=1S/C10H17NO/c1-8-3-5-10(6-4-8)9(2)7-11-12/h3,7,9-10,12H,4-6H2,1-2H3/b11-7+. The molecule has 0 saturated carbocycles. The van der Waals surface area contributed by atoms with Crippen molar-refractivity contribution < 1.29 is 5.21 Å². The lowest BCUT2D eigenvalue weighted by Gasteiger charge is -2.23. The number of allylic oxidation sites excluding steroid dienone is 2. The van der Waals surface area contributed by atoms with Gasteiger partial charge in [0.1, 0.15) is 0 Å². The van der Waals surface area contributed by atoms with E-state index in [2.05, 4.69) is 25.1 Å². The summed E-state index contributed by atoms with van der Waals surface area (Å²) in [5.74, 6) is 1.07. The third-order valence-electron chi connectivity index (χ3n) is 2.72. The van der Waals surface area contributed by atoms with Crippen LogP contribution in [-0.2, 0) is 0 Å². The molecule has 1 N–H and O–H groups in total. The molecular weight excluding hydrogens is 150 g/mol. The van der Waals surface area contributed by atoms with Gasteiger partial charge in [-0.15, -0.1) is 5.16 Å². The van der Waals surface area contributed by atoms with Gasteiger partial charge in [0, 0.05) is 6.21 Å². The lowest BCUT2D eigenvalue weighted by Crippen LogP contribution is -2.15. The fourth-order valence-corrected chi connectivity index (χ4v) is 1.69. The Bertz CT molecular complexity index is 196. The largest absolute Gasteiger partial charge is 0.411 e. The molecule has 2 atom stereocenters. The van der Waals surface area contributed by atoms with E-state index in [0.29, 0.717) is 11.8 Å². The number of hydrogen-bond donors (Lipinski definition) is 1. The highest BCUT2D eigenvalue weighted by Gasteiger charge is 2.17. The molecule has 0 heterocycles. The van der Waals surface area contributed by atoms with Gasteiger partial charge >= 0.3 is 0 Å². The molecule has 1 rings (SSSR count). The molecule has 0 aromatic rings. The van der Waals surface area contributed by atoms with Crippen LogP contribution in [0.15, 0.2) is 16.8 Å². The summed E-state index contributed by atoms with van der Waals surface area (Å²) in [6, 6.07) is 0. The summed E-state index contributed by atoms with van der Waals surface area (Å²) >= 11 is 0. The van der Waals surface area contributed by atoms with E-state index in [-0.39, 0.29) is 0 Å². The Morgan fingerprint density at radius 3 is 3.00 bits per heavy atom. The Kier molecular flexibility index (Phi) is 3.32. The zero-order chi connectivity index (χ0) is 8.97. The molecule has 0 spiro atoms. The highest BCUT2D eigenvalue weighted by Crippen LogP contribution is 2.28. The van der Waals surface area contributed by atoms with Crippen molar-refractivity contribution >= 4 is 6.21 Å². The minimum Gasteiger partial charge on any atom is -0.411 e. The van der Waals surface area contributed by atoms with Crippen molar-refractivity contribution in [2.75, 3.05) is 0 Å². The molecule has 0 amide bonds. The highest BCUT2D eigenvalue weighted by atomic mass is 16.4. The van der Waals surface area contributed by atoms with E-state index in [0.717, 1.165) is 6.42 Å². The monoisotopic (exact) mass is 167 g/mol. The third-order valence-corrected chi connectivity index (χ3v) is 2.72. The maximum Gasteiger partial charge on any atom is 0.0466 e. The van der Waals surface area contributed by atoms with Gasteiger partial charge in [-0.1, -0.05) is 18.6 Å². The number of rotatable bonds is 2. The molecule has 0 aromatic heterocycles. The van der Waals surface area contributed by atoms with E-state index >= 15 is 0 Å². The Hall–Kier alpha value is -0.790. The molecular formula is C10H17NO. The van der Waals surface area contributed by atoms with Crippen molar-refractivity contribution in [3.8, 4) is 0 Å². The fourth-order valence-electron chi connectivity index (χ4n) is 1.69. The van der Waals surface area contributed by atoms with Crippen LogP contribution in [0.4, 0.5) is 0 Å². The minimum atomic E-state index is 0.402. The molecule has 1 aliphatic rings. The molecule has 2 unspecified atom stereocenters. The maximum absolute atomic E-state index is 8.37. The van der Waals surface area contributed by atoms with Crippen LogP contribution in [0.3, 0.4) is 0 Å². The normalized spacial score (nSPS) is 27.2. The summed E-state index contributed by atoms with van der Waals surface area (Å²) in [5, 5.41) is 11.5. The topological polar surface area (TPSA) is 32.6 Å². The predicted octanol–water partition coefficient (Wildman–Crippen LogP) is 2.83. The molecule has 68 valence electrons. The van der Waals surface area contributed by atoms with Crippen molar-refractivity contribution in [1.82, 2.24) is 0 Å². The van der Waals surface area contributed by atoms with Crippen LogP contribution in [0.5, 0.6) is 0 Å². The summed E-state index contributed by atoms with van der Waals surface area (Å²) in [6.07, 6.45) is 7.51. The van der Waals surface area contributed by atoms with E-state index in [4.69, 9.17) is 5.21 Å². The van der Waals surface area contributed by atoms with Crippen molar-refractivity contribution in [3.63, 3.8) is 0 Å². The van der Waals surface area contributed by atoms with Crippen molar-refractivity contribution in [3.05, 3.63) is 11.6 Å². The molecule has 2 heteroatoms. The Balaban J connectivity index is 2.45. The zero-order valence-electron chi connectivity index (χ0n) is 7.83. The number of hydrogen-bond acceptors (Lipinski definition) is 2. The van der Waals surface area contributed by atoms with Gasteiger partial charge < -0.3 is 5.21 Å². The maximum atomic E-state index is 8.37. The lowest BCUT2D eigenvalue weighted by atomic mass is 9.82. The van der Waals surface area contributed by atoms with Crippen LogP contribution in [0.25, 0.3) is 0 Å². The third kappa shape index (κ3) is 2.36. The van der Waals surface area contributed by atoms with Gasteiger partial charge in [0.2, 0.25) is 0 Å². The zero-order valence-corrected chi connectivity index (χ0v) is 7.83. The van der Waals surface area contributed by atoms with Crippen LogP contribution in [0.2, 0.25) is 0 Å². The smallest absolute Gasteiger partial charge is 0.0466 e. The second kappa shape index (κ2) is 4.29. The molecule has 0 bridgehead atoms. The fraction of sp³-hybridized carbons (Fsp3) is 0.700. The average molecular weight is 167 g/mol. The average Bonchev–Trinajstić information content (AvgIpc) is 2.06. The molecule has 2 nitrogen and oxygen atoms in total. The van der Waals surface area contributed by atoms with E-state index in [1.165, 1.54) is 18.4 Å². The second-order valence-corrected chi connectivity index (χ2v) is 3.71. The van der Waals surface area contributed by atoms with Gasteiger partial charge in [-0.25, -0.2) is 0 Å². The van der Waals surface area contributed by atoms with Gasteiger partial charge in [0.25, 0.3) is 0 Å². The van der Waals surface area contributed by atoms with E-state index < -0.39 is 0 Å². The van der Waals surface area contributed by atoms with Gasteiger partial charge in [0.05, 0.1) is 0 Å². The summed E-state index contributed by atoms with van der Waals surface area (Å²) in [7, 11) is 0. The summed E-state index contributed by atoms with van der Waals surface area (Å²) in [4.78, 5) is 0. The first-order chi connectivity index (χ1) is 5.74. The summed E-state index contributed by atoms with van der Waals surface area (Å²) in [5.41, 5.74) is 1.50. The van der Waals surface area contributed by atoms with Crippen molar-refractivity contribution in [2.45, 2.75) is 33.1 Å². The molecule has 0 radical (unpaired) electrons. The molecule has 1 aliphatic carbocycles. The Labute approximate surface area is 74.0 Å². The first kappa shape index (κ1) is 9.30. The Morgan fingerprint density at radius 1 is 1.75 bits per heavy atom.